The highest BCUT2D eigenvalue weighted by atomic mass is 16.2. The van der Waals surface area contributed by atoms with Crippen LogP contribution in [0, 0.1) is 0 Å². The molecule has 29 heavy (non-hydrogen) atoms. The van der Waals surface area contributed by atoms with Crippen molar-refractivity contribution in [2.24, 2.45) is 5.10 Å². The first-order chi connectivity index (χ1) is 14.3. The Morgan fingerprint density at radius 2 is 1.55 bits per heavy atom. The Hall–Kier alpha value is -3.79. The molecule has 1 heterocycles. The maximum absolute atomic E-state index is 13.0. The van der Waals surface area contributed by atoms with Gasteiger partial charge < -0.3 is 0 Å². The molecule has 0 aliphatic carbocycles. The first kappa shape index (κ1) is 18.6. The number of fused-ring (bicyclic) bond motifs is 1. The van der Waals surface area contributed by atoms with Crippen molar-refractivity contribution >= 4 is 22.5 Å². The normalized spacial score (nSPS) is 11.4. The highest BCUT2D eigenvalue weighted by Gasteiger charge is 2.14. The molecule has 1 aromatic heterocycles. The molecule has 4 nitrogen and oxygen atoms in total. The van der Waals surface area contributed by atoms with E-state index in [1.165, 1.54) is 0 Å². The average molecular weight is 379 g/mol. The number of hydrazone groups is 1. The molecule has 0 unspecified atom stereocenters. The van der Waals surface area contributed by atoms with Gasteiger partial charge in [0.25, 0.3) is 5.91 Å². The third-order valence-corrected chi connectivity index (χ3v) is 4.76. The molecule has 0 saturated heterocycles. The molecule has 3 aromatic carbocycles. The first-order valence-corrected chi connectivity index (χ1v) is 9.64. The average Bonchev–Trinajstić information content (AvgIpc) is 2.80. The highest BCUT2D eigenvalue weighted by Crippen LogP contribution is 2.24. The number of amides is 1. The smallest absolute Gasteiger partial charge is 0.267 e. The number of hydrogen-bond donors (Lipinski definition) is 1. The number of carbonyl (C=O) groups excluding carboxylic acids is 1. The molecule has 0 atom stereocenters. The van der Waals surface area contributed by atoms with Crippen molar-refractivity contribution in [1.29, 1.82) is 0 Å². The Morgan fingerprint density at radius 1 is 0.897 bits per heavy atom. The molecule has 1 amide bonds. The molecule has 4 rings (SSSR count). The summed E-state index contributed by atoms with van der Waals surface area (Å²) in [5, 5.41) is 5.20. The molecule has 0 bridgehead atoms. The monoisotopic (exact) mass is 379 g/mol. The van der Waals surface area contributed by atoms with Crippen LogP contribution in [0.1, 0.15) is 29.3 Å². The molecule has 1 N–H and O–H groups in total. The van der Waals surface area contributed by atoms with Gasteiger partial charge in [-0.25, -0.2) is 10.4 Å². The fourth-order valence-electron chi connectivity index (χ4n) is 3.28. The van der Waals surface area contributed by atoms with E-state index in [1.54, 1.807) is 0 Å². The number of nitrogens with one attached hydrogen (secondary N) is 1. The molecular formula is C25H21N3O. The maximum Gasteiger partial charge on any atom is 0.272 e. The van der Waals surface area contributed by atoms with E-state index in [9.17, 15) is 4.79 Å². The van der Waals surface area contributed by atoms with E-state index in [-0.39, 0.29) is 5.91 Å². The Balaban J connectivity index is 1.72. The number of benzene rings is 3. The fourth-order valence-corrected chi connectivity index (χ4v) is 3.28. The summed E-state index contributed by atoms with van der Waals surface area (Å²) in [6.07, 6.45) is 0.719. The largest absolute Gasteiger partial charge is 0.272 e. The maximum atomic E-state index is 13.0. The van der Waals surface area contributed by atoms with Crippen LogP contribution >= 0.6 is 0 Å². The van der Waals surface area contributed by atoms with Gasteiger partial charge in [0.1, 0.15) is 0 Å². The lowest BCUT2D eigenvalue weighted by molar-refractivity contribution is 0.0956. The van der Waals surface area contributed by atoms with Crippen LogP contribution < -0.4 is 5.43 Å². The number of para-hydroxylation sites is 1. The van der Waals surface area contributed by atoms with Crippen LogP contribution in [0.5, 0.6) is 0 Å². The van der Waals surface area contributed by atoms with Gasteiger partial charge in [-0.15, -0.1) is 0 Å². The SMILES string of the molecule is CC/C(=N\NC(=O)c1cc(-c2ccccc2)nc2ccccc12)c1ccccc1. The molecule has 0 aliphatic heterocycles. The van der Waals surface area contributed by atoms with Gasteiger partial charge in [-0.1, -0.05) is 85.8 Å². The molecule has 0 spiro atoms. The van der Waals surface area contributed by atoms with Crippen molar-refractivity contribution in [2.75, 3.05) is 0 Å². The van der Waals surface area contributed by atoms with Gasteiger partial charge in [-0.05, 0) is 24.1 Å². The van der Waals surface area contributed by atoms with E-state index in [0.29, 0.717) is 5.56 Å². The Kier molecular flexibility index (Phi) is 5.43. The summed E-state index contributed by atoms with van der Waals surface area (Å²) < 4.78 is 0. The number of pyridine rings is 1. The summed E-state index contributed by atoms with van der Waals surface area (Å²) >= 11 is 0. The minimum Gasteiger partial charge on any atom is -0.267 e. The van der Waals surface area contributed by atoms with E-state index in [1.807, 2.05) is 97.9 Å². The van der Waals surface area contributed by atoms with Crippen molar-refractivity contribution in [3.63, 3.8) is 0 Å². The molecule has 0 radical (unpaired) electrons. The molecule has 0 fully saturated rings. The summed E-state index contributed by atoms with van der Waals surface area (Å²) in [4.78, 5) is 17.8. The van der Waals surface area contributed by atoms with Crippen LogP contribution in [0.2, 0.25) is 0 Å². The van der Waals surface area contributed by atoms with Gasteiger partial charge in [-0.3, -0.25) is 4.79 Å². The summed E-state index contributed by atoms with van der Waals surface area (Å²) in [5.74, 6) is -0.248. The summed E-state index contributed by atoms with van der Waals surface area (Å²) in [7, 11) is 0. The van der Waals surface area contributed by atoms with Crippen molar-refractivity contribution in [3.8, 4) is 11.3 Å². The van der Waals surface area contributed by atoms with Crippen LogP contribution in [0.25, 0.3) is 22.2 Å². The standard InChI is InChI=1S/C25H21N3O/c1-2-22(18-11-5-3-6-12-18)27-28-25(29)21-17-24(19-13-7-4-8-14-19)26-23-16-10-9-15-20(21)23/h3-17H,2H2,1H3,(H,28,29)/b27-22+. The minimum absolute atomic E-state index is 0.248. The van der Waals surface area contributed by atoms with Crippen LogP contribution in [-0.4, -0.2) is 16.6 Å². The lowest BCUT2D eigenvalue weighted by atomic mass is 10.0. The van der Waals surface area contributed by atoms with Crippen molar-refractivity contribution in [2.45, 2.75) is 13.3 Å². The first-order valence-electron chi connectivity index (χ1n) is 9.64. The predicted octanol–water partition coefficient (Wildman–Crippen LogP) is 5.45. The van der Waals surface area contributed by atoms with E-state index < -0.39 is 0 Å². The highest BCUT2D eigenvalue weighted by molar-refractivity contribution is 6.08. The summed E-state index contributed by atoms with van der Waals surface area (Å²) in [6.45, 7) is 2.02. The van der Waals surface area contributed by atoms with Gasteiger partial charge in [0.15, 0.2) is 0 Å². The molecule has 4 aromatic rings. The Labute approximate surface area is 169 Å². The van der Waals surface area contributed by atoms with E-state index in [4.69, 9.17) is 4.98 Å². The van der Waals surface area contributed by atoms with E-state index in [2.05, 4.69) is 10.5 Å². The van der Waals surface area contributed by atoms with Crippen molar-refractivity contribution in [3.05, 3.63) is 102 Å². The van der Waals surface area contributed by atoms with Gasteiger partial charge in [0.05, 0.1) is 22.5 Å². The molecule has 142 valence electrons. The summed E-state index contributed by atoms with van der Waals surface area (Å²) in [5.41, 5.74) is 7.64. The second-order valence-corrected chi connectivity index (χ2v) is 6.66. The number of rotatable bonds is 5. The zero-order chi connectivity index (χ0) is 20.1. The van der Waals surface area contributed by atoms with Crippen LogP contribution in [-0.2, 0) is 0 Å². The van der Waals surface area contributed by atoms with E-state index >= 15 is 0 Å². The Morgan fingerprint density at radius 3 is 2.28 bits per heavy atom. The minimum atomic E-state index is -0.248. The third-order valence-electron chi connectivity index (χ3n) is 4.76. The van der Waals surface area contributed by atoms with Crippen molar-refractivity contribution in [1.82, 2.24) is 10.4 Å². The Bertz CT molecular complexity index is 1170. The number of carbonyl (C=O) groups is 1. The van der Waals surface area contributed by atoms with Crippen molar-refractivity contribution < 1.29 is 4.79 Å². The van der Waals surface area contributed by atoms with Gasteiger partial charge in [0, 0.05) is 10.9 Å². The lowest BCUT2D eigenvalue weighted by Crippen LogP contribution is -2.20. The molecule has 4 heteroatoms. The van der Waals surface area contributed by atoms with Gasteiger partial charge in [-0.2, -0.15) is 5.10 Å². The second kappa shape index (κ2) is 8.48. The van der Waals surface area contributed by atoms with Gasteiger partial charge >= 0.3 is 0 Å². The molecular weight excluding hydrogens is 358 g/mol. The molecule has 0 aliphatic rings. The molecule has 0 saturated carbocycles. The summed E-state index contributed by atoms with van der Waals surface area (Å²) in [6, 6.07) is 29.2. The second-order valence-electron chi connectivity index (χ2n) is 6.66. The predicted molar refractivity (Wildman–Crippen MR) is 118 cm³/mol. The van der Waals surface area contributed by atoms with Crippen LogP contribution in [0.15, 0.2) is 96.1 Å². The topological polar surface area (TPSA) is 54.4 Å². The zero-order valence-corrected chi connectivity index (χ0v) is 16.2. The zero-order valence-electron chi connectivity index (χ0n) is 16.2. The lowest BCUT2D eigenvalue weighted by Gasteiger charge is -2.10. The third kappa shape index (κ3) is 4.06. The number of nitrogens with zero attached hydrogens (tertiary/aromatic N) is 2. The number of aromatic nitrogens is 1. The van der Waals surface area contributed by atoms with E-state index in [0.717, 1.165) is 39.9 Å². The van der Waals surface area contributed by atoms with Crippen LogP contribution in [0.4, 0.5) is 0 Å². The fraction of sp³-hybridized carbons (Fsp3) is 0.0800. The van der Waals surface area contributed by atoms with Crippen LogP contribution in [0.3, 0.4) is 0 Å². The number of hydrogen-bond acceptors (Lipinski definition) is 3. The quantitative estimate of drug-likeness (QED) is 0.370. The van der Waals surface area contributed by atoms with Gasteiger partial charge in [0.2, 0.25) is 0 Å².